The van der Waals surface area contributed by atoms with Crippen molar-refractivity contribution in [1.82, 2.24) is 0 Å². The molecule has 3 unspecified atom stereocenters. The van der Waals surface area contributed by atoms with Crippen LogP contribution in [-0.4, -0.2) is 10.7 Å². The van der Waals surface area contributed by atoms with Gasteiger partial charge in [-0.15, -0.1) is 0 Å². The third kappa shape index (κ3) is 1.21. The minimum atomic E-state index is -0.503. The van der Waals surface area contributed by atoms with E-state index in [-0.39, 0.29) is 5.41 Å². The minimum Gasteiger partial charge on any atom is -0.389 e. The molecule has 1 saturated carbocycles. The van der Waals surface area contributed by atoms with Crippen molar-refractivity contribution in [3.05, 3.63) is 23.8 Å². The summed E-state index contributed by atoms with van der Waals surface area (Å²) >= 11 is 0. The molecule has 0 amide bonds. The second kappa shape index (κ2) is 3.22. The summed E-state index contributed by atoms with van der Waals surface area (Å²) in [6, 6.07) is 0. The number of fused-ring (bicyclic) bond motifs is 3. The lowest BCUT2D eigenvalue weighted by Gasteiger charge is -2.46. The highest BCUT2D eigenvalue weighted by Crippen LogP contribution is 2.59. The first-order valence-corrected chi connectivity index (χ1v) is 6.66. The van der Waals surface area contributed by atoms with Crippen LogP contribution in [0.3, 0.4) is 0 Å². The Balaban J connectivity index is 2.05. The zero-order valence-electron chi connectivity index (χ0n) is 10.4. The number of aliphatic hydroxyl groups is 1. The fourth-order valence-electron chi connectivity index (χ4n) is 4.15. The smallest absolute Gasteiger partial charge is 0.0710 e. The van der Waals surface area contributed by atoms with Gasteiger partial charge < -0.3 is 5.11 Å². The van der Waals surface area contributed by atoms with Crippen LogP contribution in [0, 0.1) is 17.3 Å². The van der Waals surface area contributed by atoms with E-state index in [9.17, 15) is 5.11 Å². The van der Waals surface area contributed by atoms with Gasteiger partial charge in [-0.2, -0.15) is 0 Å². The Kier molecular flexibility index (Phi) is 2.13. The monoisotopic (exact) mass is 218 g/mol. The van der Waals surface area contributed by atoms with Crippen LogP contribution in [0.1, 0.15) is 46.0 Å². The van der Waals surface area contributed by atoms with Gasteiger partial charge in [0.05, 0.1) is 5.60 Å². The summed E-state index contributed by atoms with van der Waals surface area (Å²) in [5.41, 5.74) is 1.05. The molecule has 3 rings (SSSR count). The lowest BCUT2D eigenvalue weighted by Crippen LogP contribution is -2.45. The Morgan fingerprint density at radius 2 is 2.12 bits per heavy atom. The zero-order chi connectivity index (χ0) is 11.4. The number of rotatable bonds is 0. The molecule has 1 nitrogen and oxygen atoms in total. The van der Waals surface area contributed by atoms with E-state index in [1.54, 1.807) is 5.57 Å². The lowest BCUT2D eigenvalue weighted by molar-refractivity contribution is -0.0342. The van der Waals surface area contributed by atoms with Crippen LogP contribution in [0.5, 0.6) is 0 Å². The van der Waals surface area contributed by atoms with Crippen LogP contribution < -0.4 is 0 Å². The third-order valence-corrected chi connectivity index (χ3v) is 5.51. The molecule has 0 aromatic carbocycles. The minimum absolute atomic E-state index is 0.00630. The van der Waals surface area contributed by atoms with Crippen molar-refractivity contribution in [1.29, 1.82) is 0 Å². The van der Waals surface area contributed by atoms with Gasteiger partial charge in [0.15, 0.2) is 0 Å². The van der Waals surface area contributed by atoms with E-state index in [1.807, 2.05) is 6.92 Å². The first kappa shape index (κ1) is 10.6. The predicted molar refractivity (Wildman–Crippen MR) is 66.0 cm³/mol. The van der Waals surface area contributed by atoms with Gasteiger partial charge in [-0.25, -0.2) is 0 Å². The highest BCUT2D eigenvalue weighted by Gasteiger charge is 2.56. The van der Waals surface area contributed by atoms with Crippen molar-refractivity contribution in [3.8, 4) is 0 Å². The summed E-state index contributed by atoms with van der Waals surface area (Å²) in [4.78, 5) is 0. The number of hydrogen-bond donors (Lipinski definition) is 1. The normalized spacial score (nSPS) is 50.8. The fourth-order valence-corrected chi connectivity index (χ4v) is 4.15. The van der Waals surface area contributed by atoms with Crippen LogP contribution in [0.4, 0.5) is 0 Å². The van der Waals surface area contributed by atoms with Gasteiger partial charge in [0.2, 0.25) is 0 Å². The Hall–Kier alpha value is -0.560. The standard InChI is InChI=1S/C15H22O/c1-14-9-7-11-5-3-4-6-12(11)13(14)8-10-15(14,2)16/h5,7,9,12-13,16H,3-4,6,8,10H2,1-2H3/t12?,13?,14?,15-/m0/s1. The van der Waals surface area contributed by atoms with Gasteiger partial charge in [-0.3, -0.25) is 0 Å². The maximum Gasteiger partial charge on any atom is 0.0710 e. The Labute approximate surface area is 98.2 Å². The second-order valence-electron chi connectivity index (χ2n) is 6.28. The van der Waals surface area contributed by atoms with Crippen molar-refractivity contribution in [2.24, 2.45) is 17.3 Å². The number of allylic oxidation sites excluding steroid dienone is 3. The van der Waals surface area contributed by atoms with Crippen molar-refractivity contribution < 1.29 is 5.11 Å². The Morgan fingerprint density at radius 3 is 2.94 bits per heavy atom. The van der Waals surface area contributed by atoms with Crippen molar-refractivity contribution in [2.45, 2.75) is 51.6 Å². The van der Waals surface area contributed by atoms with Crippen LogP contribution in [0.2, 0.25) is 0 Å². The van der Waals surface area contributed by atoms with E-state index in [1.165, 1.54) is 25.7 Å². The molecule has 0 saturated heterocycles. The summed E-state index contributed by atoms with van der Waals surface area (Å²) in [5, 5.41) is 10.6. The second-order valence-corrected chi connectivity index (χ2v) is 6.28. The van der Waals surface area contributed by atoms with Crippen LogP contribution in [0.25, 0.3) is 0 Å². The molecule has 4 atom stereocenters. The molecule has 3 aliphatic carbocycles. The van der Waals surface area contributed by atoms with Crippen molar-refractivity contribution in [3.63, 3.8) is 0 Å². The Morgan fingerprint density at radius 1 is 1.31 bits per heavy atom. The first-order valence-electron chi connectivity index (χ1n) is 6.66. The molecule has 16 heavy (non-hydrogen) atoms. The van der Waals surface area contributed by atoms with Gasteiger partial charge in [0, 0.05) is 5.41 Å². The summed E-state index contributed by atoms with van der Waals surface area (Å²) in [5.74, 6) is 1.39. The summed E-state index contributed by atoms with van der Waals surface area (Å²) in [7, 11) is 0. The maximum absolute atomic E-state index is 10.6. The molecule has 3 aliphatic rings. The van der Waals surface area contributed by atoms with Gasteiger partial charge in [0.25, 0.3) is 0 Å². The molecule has 1 fully saturated rings. The van der Waals surface area contributed by atoms with E-state index in [0.717, 1.165) is 12.3 Å². The zero-order valence-corrected chi connectivity index (χ0v) is 10.4. The SMILES string of the molecule is CC12C=CC3=CCCCC3C1CC[C@]2(C)O. The van der Waals surface area contributed by atoms with E-state index in [2.05, 4.69) is 25.2 Å². The summed E-state index contributed by atoms with van der Waals surface area (Å²) in [6.45, 7) is 4.28. The topological polar surface area (TPSA) is 20.2 Å². The van der Waals surface area contributed by atoms with Crippen molar-refractivity contribution >= 4 is 0 Å². The lowest BCUT2D eigenvalue weighted by atomic mass is 9.60. The van der Waals surface area contributed by atoms with Gasteiger partial charge in [-0.05, 0) is 56.4 Å². The highest BCUT2D eigenvalue weighted by atomic mass is 16.3. The Bertz CT molecular complexity index is 364. The molecule has 0 radical (unpaired) electrons. The van der Waals surface area contributed by atoms with E-state index < -0.39 is 5.60 Å². The molecule has 0 aromatic heterocycles. The van der Waals surface area contributed by atoms with Gasteiger partial charge in [0.1, 0.15) is 0 Å². The van der Waals surface area contributed by atoms with E-state index >= 15 is 0 Å². The third-order valence-electron chi connectivity index (χ3n) is 5.51. The van der Waals surface area contributed by atoms with Gasteiger partial charge in [-0.1, -0.05) is 25.2 Å². The van der Waals surface area contributed by atoms with Crippen LogP contribution in [0.15, 0.2) is 23.8 Å². The molecule has 0 bridgehead atoms. The quantitative estimate of drug-likeness (QED) is 0.660. The maximum atomic E-state index is 10.6. The average Bonchev–Trinajstić information content (AvgIpc) is 2.51. The number of hydrogen-bond acceptors (Lipinski definition) is 1. The summed E-state index contributed by atoms with van der Waals surface area (Å²) < 4.78 is 0. The van der Waals surface area contributed by atoms with Crippen LogP contribution in [-0.2, 0) is 0 Å². The molecular weight excluding hydrogens is 196 g/mol. The molecule has 1 heteroatoms. The largest absolute Gasteiger partial charge is 0.389 e. The molecule has 1 N–H and O–H groups in total. The van der Waals surface area contributed by atoms with E-state index in [0.29, 0.717) is 5.92 Å². The molecule has 0 aromatic rings. The highest BCUT2D eigenvalue weighted by molar-refractivity contribution is 5.34. The molecule has 88 valence electrons. The summed E-state index contributed by atoms with van der Waals surface area (Å²) in [6.07, 6.45) is 13.0. The van der Waals surface area contributed by atoms with Crippen molar-refractivity contribution in [2.75, 3.05) is 0 Å². The van der Waals surface area contributed by atoms with Crippen LogP contribution >= 0.6 is 0 Å². The molecule has 0 aliphatic heterocycles. The molecule has 0 spiro atoms. The molecule has 0 heterocycles. The average molecular weight is 218 g/mol. The van der Waals surface area contributed by atoms with E-state index in [4.69, 9.17) is 0 Å². The predicted octanol–water partition coefficient (Wildman–Crippen LogP) is 3.45. The first-order chi connectivity index (χ1) is 7.55. The fraction of sp³-hybridized carbons (Fsp3) is 0.733. The molecular formula is C15H22O. The van der Waals surface area contributed by atoms with Gasteiger partial charge >= 0.3 is 0 Å².